The standard InChI is InChI=1S/C18H31NO/c1-16(18-14-11-15-20-18)19-17-12-9-7-5-3-2-4-6-8-10-13-17/h11,14-17,19H,2-10,12-13H2,1H3. The van der Waals surface area contributed by atoms with E-state index in [4.69, 9.17) is 4.42 Å². The Bertz CT molecular complexity index is 321. The van der Waals surface area contributed by atoms with Crippen LogP contribution in [0, 0.1) is 0 Å². The second-order valence-electron chi connectivity index (χ2n) is 6.36. The molecule has 1 aromatic heterocycles. The molecule has 1 fully saturated rings. The first-order valence-electron chi connectivity index (χ1n) is 8.66. The first kappa shape index (κ1) is 15.6. The molecule has 2 rings (SSSR count). The Morgan fingerprint density at radius 1 is 0.950 bits per heavy atom. The number of hydrogen-bond acceptors (Lipinski definition) is 2. The lowest BCUT2D eigenvalue weighted by molar-refractivity contribution is 0.345. The van der Waals surface area contributed by atoms with E-state index >= 15 is 0 Å². The van der Waals surface area contributed by atoms with Crippen molar-refractivity contribution in [3.8, 4) is 0 Å². The topological polar surface area (TPSA) is 25.2 Å². The minimum atomic E-state index is 0.336. The van der Waals surface area contributed by atoms with Gasteiger partial charge in [0.15, 0.2) is 0 Å². The smallest absolute Gasteiger partial charge is 0.120 e. The van der Waals surface area contributed by atoms with Gasteiger partial charge in [0.05, 0.1) is 12.3 Å². The molecule has 0 bridgehead atoms. The Hall–Kier alpha value is -0.760. The average molecular weight is 277 g/mol. The molecular weight excluding hydrogens is 246 g/mol. The molecule has 0 radical (unpaired) electrons. The van der Waals surface area contributed by atoms with E-state index in [1.165, 1.54) is 70.6 Å². The van der Waals surface area contributed by atoms with Crippen molar-refractivity contribution in [3.63, 3.8) is 0 Å². The Kier molecular flexibility index (Phi) is 7.21. The van der Waals surface area contributed by atoms with E-state index in [1.54, 1.807) is 6.26 Å². The molecular formula is C18H31NO. The first-order valence-corrected chi connectivity index (χ1v) is 8.66. The van der Waals surface area contributed by atoms with Crippen LogP contribution >= 0.6 is 0 Å². The van der Waals surface area contributed by atoms with E-state index in [2.05, 4.69) is 18.3 Å². The summed E-state index contributed by atoms with van der Waals surface area (Å²) in [6, 6.07) is 5.05. The molecule has 1 aliphatic rings. The molecule has 1 atom stereocenters. The summed E-state index contributed by atoms with van der Waals surface area (Å²) in [5.41, 5.74) is 0. The van der Waals surface area contributed by atoms with E-state index < -0.39 is 0 Å². The fraction of sp³-hybridized carbons (Fsp3) is 0.778. The largest absolute Gasteiger partial charge is 0.468 e. The van der Waals surface area contributed by atoms with Gasteiger partial charge in [0.1, 0.15) is 5.76 Å². The third-order valence-electron chi connectivity index (χ3n) is 4.56. The van der Waals surface area contributed by atoms with Gasteiger partial charge in [0.25, 0.3) is 0 Å². The Morgan fingerprint density at radius 3 is 2.00 bits per heavy atom. The molecule has 0 saturated heterocycles. The average Bonchev–Trinajstić information content (AvgIpc) is 2.96. The van der Waals surface area contributed by atoms with E-state index in [9.17, 15) is 0 Å². The zero-order valence-corrected chi connectivity index (χ0v) is 13.1. The molecule has 20 heavy (non-hydrogen) atoms. The molecule has 1 saturated carbocycles. The highest BCUT2D eigenvalue weighted by molar-refractivity contribution is 5.03. The highest BCUT2D eigenvalue weighted by atomic mass is 16.3. The molecule has 0 spiro atoms. The van der Waals surface area contributed by atoms with Crippen molar-refractivity contribution >= 4 is 0 Å². The van der Waals surface area contributed by atoms with Gasteiger partial charge in [-0.25, -0.2) is 0 Å². The van der Waals surface area contributed by atoms with E-state index in [-0.39, 0.29) is 0 Å². The highest BCUT2D eigenvalue weighted by Crippen LogP contribution is 2.20. The van der Waals surface area contributed by atoms with Crippen LogP contribution in [0.4, 0.5) is 0 Å². The Labute approximate surface area is 124 Å². The number of nitrogens with one attached hydrogen (secondary N) is 1. The lowest BCUT2D eigenvalue weighted by Gasteiger charge is -2.23. The molecule has 1 aromatic rings. The van der Waals surface area contributed by atoms with Gasteiger partial charge in [0, 0.05) is 6.04 Å². The van der Waals surface area contributed by atoms with Crippen molar-refractivity contribution in [2.45, 2.75) is 89.6 Å². The molecule has 2 heteroatoms. The summed E-state index contributed by atoms with van der Waals surface area (Å²) < 4.78 is 5.51. The Balaban J connectivity index is 1.79. The number of rotatable bonds is 3. The third kappa shape index (κ3) is 5.70. The quantitative estimate of drug-likeness (QED) is 0.777. The van der Waals surface area contributed by atoms with Crippen LogP contribution in [-0.4, -0.2) is 6.04 Å². The fourth-order valence-electron chi connectivity index (χ4n) is 3.30. The van der Waals surface area contributed by atoms with Crippen molar-refractivity contribution in [1.82, 2.24) is 5.32 Å². The zero-order chi connectivity index (χ0) is 14.0. The van der Waals surface area contributed by atoms with Crippen LogP contribution in [0.5, 0.6) is 0 Å². The van der Waals surface area contributed by atoms with Gasteiger partial charge >= 0.3 is 0 Å². The Morgan fingerprint density at radius 2 is 1.50 bits per heavy atom. The van der Waals surface area contributed by atoms with Crippen LogP contribution in [0.15, 0.2) is 22.8 Å². The summed E-state index contributed by atoms with van der Waals surface area (Å²) in [5, 5.41) is 3.78. The van der Waals surface area contributed by atoms with Gasteiger partial charge in [0.2, 0.25) is 0 Å². The molecule has 1 aliphatic carbocycles. The van der Waals surface area contributed by atoms with Gasteiger partial charge in [-0.3, -0.25) is 0 Å². The van der Waals surface area contributed by atoms with Crippen molar-refractivity contribution in [3.05, 3.63) is 24.2 Å². The summed E-state index contributed by atoms with van der Waals surface area (Å²) in [7, 11) is 0. The normalized spacial score (nSPS) is 21.9. The number of hydrogen-bond donors (Lipinski definition) is 1. The lowest BCUT2D eigenvalue weighted by Crippen LogP contribution is -2.31. The molecule has 2 nitrogen and oxygen atoms in total. The van der Waals surface area contributed by atoms with Gasteiger partial charge in [-0.2, -0.15) is 0 Å². The van der Waals surface area contributed by atoms with Crippen molar-refractivity contribution in [2.24, 2.45) is 0 Å². The third-order valence-corrected chi connectivity index (χ3v) is 4.56. The highest BCUT2D eigenvalue weighted by Gasteiger charge is 2.15. The van der Waals surface area contributed by atoms with Crippen molar-refractivity contribution in [1.29, 1.82) is 0 Å². The van der Waals surface area contributed by atoms with Gasteiger partial charge < -0.3 is 9.73 Å². The zero-order valence-electron chi connectivity index (χ0n) is 13.1. The summed E-state index contributed by atoms with van der Waals surface area (Å²) in [4.78, 5) is 0. The molecule has 0 amide bonds. The summed E-state index contributed by atoms with van der Waals surface area (Å²) >= 11 is 0. The van der Waals surface area contributed by atoms with Gasteiger partial charge in [-0.05, 0) is 31.9 Å². The maximum absolute atomic E-state index is 5.51. The molecule has 0 aromatic carbocycles. The molecule has 1 N–H and O–H groups in total. The fourth-order valence-corrected chi connectivity index (χ4v) is 3.30. The summed E-state index contributed by atoms with van der Waals surface area (Å²) in [6.07, 6.45) is 17.2. The minimum absolute atomic E-state index is 0.336. The molecule has 1 heterocycles. The van der Waals surface area contributed by atoms with Crippen LogP contribution in [0.25, 0.3) is 0 Å². The number of furan rings is 1. The van der Waals surface area contributed by atoms with Gasteiger partial charge in [-0.15, -0.1) is 0 Å². The molecule has 1 unspecified atom stereocenters. The molecule has 114 valence electrons. The maximum atomic E-state index is 5.51. The van der Waals surface area contributed by atoms with Crippen LogP contribution in [0.2, 0.25) is 0 Å². The van der Waals surface area contributed by atoms with E-state index in [0.717, 1.165) is 5.76 Å². The monoisotopic (exact) mass is 277 g/mol. The van der Waals surface area contributed by atoms with E-state index in [1.807, 2.05) is 6.07 Å². The summed E-state index contributed by atoms with van der Waals surface area (Å²) in [6.45, 7) is 2.22. The van der Waals surface area contributed by atoms with Crippen molar-refractivity contribution < 1.29 is 4.42 Å². The second-order valence-corrected chi connectivity index (χ2v) is 6.36. The SMILES string of the molecule is CC(NC1CCCCCCCCCCC1)c1ccco1. The predicted octanol–water partition coefficient (Wildman–Crippen LogP) is 5.60. The first-order chi connectivity index (χ1) is 9.86. The second kappa shape index (κ2) is 9.23. The lowest BCUT2D eigenvalue weighted by atomic mass is 9.97. The van der Waals surface area contributed by atoms with E-state index in [0.29, 0.717) is 12.1 Å². The van der Waals surface area contributed by atoms with Gasteiger partial charge in [-0.1, -0.05) is 57.8 Å². The van der Waals surface area contributed by atoms with Crippen LogP contribution in [0.1, 0.15) is 89.4 Å². The van der Waals surface area contributed by atoms with Crippen LogP contribution < -0.4 is 5.32 Å². The molecule has 0 aliphatic heterocycles. The minimum Gasteiger partial charge on any atom is -0.468 e. The predicted molar refractivity (Wildman–Crippen MR) is 84.8 cm³/mol. The van der Waals surface area contributed by atoms with Crippen molar-refractivity contribution in [2.75, 3.05) is 0 Å². The maximum Gasteiger partial charge on any atom is 0.120 e. The van der Waals surface area contributed by atoms with Crippen LogP contribution in [-0.2, 0) is 0 Å². The van der Waals surface area contributed by atoms with Crippen LogP contribution in [0.3, 0.4) is 0 Å². The summed E-state index contributed by atoms with van der Waals surface area (Å²) in [5.74, 6) is 1.07.